The van der Waals surface area contributed by atoms with Crippen LogP contribution in [0.4, 0.5) is 10.8 Å². The van der Waals surface area contributed by atoms with Crippen molar-refractivity contribution in [2.24, 2.45) is 0 Å². The van der Waals surface area contributed by atoms with E-state index in [0.29, 0.717) is 11.3 Å². The lowest BCUT2D eigenvalue weighted by atomic mass is 9.99. The van der Waals surface area contributed by atoms with Crippen LogP contribution in [0.3, 0.4) is 0 Å². The molecule has 0 bridgehead atoms. The van der Waals surface area contributed by atoms with Crippen LogP contribution in [0.25, 0.3) is 0 Å². The summed E-state index contributed by atoms with van der Waals surface area (Å²) in [6.45, 7) is 4.29. The average molecular weight is 472 g/mol. The minimum atomic E-state index is -0.258. The number of amides is 1. The zero-order valence-corrected chi connectivity index (χ0v) is 19.8. The van der Waals surface area contributed by atoms with Crippen molar-refractivity contribution in [2.45, 2.75) is 26.3 Å². The lowest BCUT2D eigenvalue weighted by Crippen LogP contribution is -2.17. The summed E-state index contributed by atoms with van der Waals surface area (Å²) in [4.78, 5) is 18.8. The summed E-state index contributed by atoms with van der Waals surface area (Å²) in [7, 11) is 0. The summed E-state index contributed by atoms with van der Waals surface area (Å²) in [5, 5.41) is 7.54. The molecule has 5 rings (SSSR count). The molecule has 0 saturated heterocycles. The summed E-state index contributed by atoms with van der Waals surface area (Å²) in [5.41, 5.74) is 3.51. The predicted molar refractivity (Wildman–Crippen MR) is 135 cm³/mol. The Morgan fingerprint density at radius 3 is 2.65 bits per heavy atom. The van der Waals surface area contributed by atoms with Crippen molar-refractivity contribution in [3.05, 3.63) is 100 Å². The first kappa shape index (κ1) is 22.0. The molecule has 1 aliphatic rings. The van der Waals surface area contributed by atoms with Crippen LogP contribution < -0.4 is 20.1 Å². The van der Waals surface area contributed by atoms with Crippen molar-refractivity contribution >= 4 is 28.1 Å². The fourth-order valence-electron chi connectivity index (χ4n) is 3.91. The van der Waals surface area contributed by atoms with Gasteiger partial charge in [-0.1, -0.05) is 37.3 Å². The van der Waals surface area contributed by atoms with Crippen molar-refractivity contribution in [1.82, 2.24) is 4.98 Å². The van der Waals surface area contributed by atoms with Gasteiger partial charge in [-0.25, -0.2) is 4.98 Å². The van der Waals surface area contributed by atoms with Gasteiger partial charge in [0.2, 0.25) is 6.79 Å². The SMILES string of the molecule is CCc1cc(C(Nc2cccc(C)n2)c2ccc3c(c2)OCO3)c(NC(=O)c2ccccc2)s1. The molecule has 0 spiro atoms. The molecule has 1 aliphatic heterocycles. The van der Waals surface area contributed by atoms with Crippen LogP contribution in [-0.2, 0) is 6.42 Å². The first-order valence-corrected chi connectivity index (χ1v) is 12.0. The van der Waals surface area contributed by atoms with E-state index in [2.05, 4.69) is 28.6 Å². The van der Waals surface area contributed by atoms with Gasteiger partial charge in [0.15, 0.2) is 11.5 Å². The second-order valence-corrected chi connectivity index (χ2v) is 9.16. The number of pyridine rings is 1. The fourth-order valence-corrected chi connectivity index (χ4v) is 4.95. The Kier molecular flexibility index (Phi) is 6.18. The van der Waals surface area contributed by atoms with E-state index >= 15 is 0 Å². The number of thiophene rings is 1. The number of nitrogens with zero attached hydrogens (tertiary/aromatic N) is 1. The molecule has 1 atom stereocenters. The Bertz CT molecular complexity index is 1320. The van der Waals surface area contributed by atoms with Crippen molar-refractivity contribution in [3.8, 4) is 11.5 Å². The predicted octanol–water partition coefficient (Wildman–Crippen LogP) is 6.20. The van der Waals surface area contributed by atoms with E-state index in [-0.39, 0.29) is 18.7 Å². The van der Waals surface area contributed by atoms with Gasteiger partial charge >= 0.3 is 0 Å². The van der Waals surface area contributed by atoms with Gasteiger partial charge in [0.1, 0.15) is 10.8 Å². The van der Waals surface area contributed by atoms with Gasteiger partial charge in [-0.3, -0.25) is 4.79 Å². The maximum Gasteiger partial charge on any atom is 0.256 e. The van der Waals surface area contributed by atoms with E-state index in [0.717, 1.165) is 39.8 Å². The third-order valence-corrected chi connectivity index (χ3v) is 6.86. The van der Waals surface area contributed by atoms with E-state index < -0.39 is 0 Å². The van der Waals surface area contributed by atoms with E-state index in [1.54, 1.807) is 11.3 Å². The van der Waals surface area contributed by atoms with Crippen molar-refractivity contribution in [3.63, 3.8) is 0 Å². The van der Waals surface area contributed by atoms with Gasteiger partial charge in [-0.2, -0.15) is 0 Å². The quantitative estimate of drug-likeness (QED) is 0.336. The molecular formula is C27H25N3O3S. The lowest BCUT2D eigenvalue weighted by molar-refractivity contribution is 0.102. The number of fused-ring (bicyclic) bond motifs is 1. The zero-order valence-electron chi connectivity index (χ0n) is 19.0. The standard InChI is InChI=1S/C27H25N3O3S/c1-3-20-15-21(27(34-20)30-26(31)18-9-5-4-6-10-18)25(29-24-11-7-8-17(2)28-24)19-12-13-22-23(14-19)33-16-32-22/h4-15,25H,3,16H2,1-2H3,(H,28,29)(H,30,31). The maximum absolute atomic E-state index is 13.0. The molecule has 2 N–H and O–H groups in total. The summed E-state index contributed by atoms with van der Waals surface area (Å²) < 4.78 is 11.2. The fraction of sp³-hybridized carbons (Fsp3) is 0.185. The molecule has 1 amide bonds. The van der Waals surface area contributed by atoms with E-state index in [1.165, 1.54) is 4.88 Å². The largest absolute Gasteiger partial charge is 0.454 e. The number of carbonyl (C=O) groups is 1. The normalized spacial score (nSPS) is 12.9. The van der Waals surface area contributed by atoms with E-state index in [1.807, 2.05) is 73.7 Å². The number of rotatable bonds is 7. The number of carbonyl (C=O) groups excluding carboxylic acids is 1. The highest BCUT2D eigenvalue weighted by Crippen LogP contribution is 2.41. The molecule has 172 valence electrons. The topological polar surface area (TPSA) is 72.5 Å². The van der Waals surface area contributed by atoms with Crippen LogP contribution in [-0.4, -0.2) is 17.7 Å². The number of hydrogen-bond donors (Lipinski definition) is 2. The second-order valence-electron chi connectivity index (χ2n) is 8.03. The first-order valence-electron chi connectivity index (χ1n) is 11.2. The molecule has 2 aromatic heterocycles. The molecule has 4 aromatic rings. The highest BCUT2D eigenvalue weighted by Gasteiger charge is 2.25. The van der Waals surface area contributed by atoms with Crippen LogP contribution in [0.15, 0.2) is 72.8 Å². The smallest absolute Gasteiger partial charge is 0.256 e. The molecule has 2 aromatic carbocycles. The molecule has 1 unspecified atom stereocenters. The van der Waals surface area contributed by atoms with Gasteiger partial charge in [-0.15, -0.1) is 11.3 Å². The summed E-state index contributed by atoms with van der Waals surface area (Å²) >= 11 is 1.60. The Morgan fingerprint density at radius 1 is 1.03 bits per heavy atom. The summed E-state index contributed by atoms with van der Waals surface area (Å²) in [6.07, 6.45) is 0.870. The van der Waals surface area contributed by atoms with Crippen LogP contribution in [0, 0.1) is 6.92 Å². The van der Waals surface area contributed by atoms with Crippen LogP contribution in [0.2, 0.25) is 0 Å². The number of aromatic nitrogens is 1. The van der Waals surface area contributed by atoms with Crippen LogP contribution >= 0.6 is 11.3 Å². The lowest BCUT2D eigenvalue weighted by Gasteiger charge is -2.21. The molecule has 0 fully saturated rings. The highest BCUT2D eigenvalue weighted by molar-refractivity contribution is 7.16. The Morgan fingerprint density at radius 2 is 1.85 bits per heavy atom. The number of ether oxygens (including phenoxy) is 2. The molecule has 6 nitrogen and oxygen atoms in total. The third-order valence-electron chi connectivity index (χ3n) is 5.64. The van der Waals surface area contributed by atoms with Crippen molar-refractivity contribution < 1.29 is 14.3 Å². The van der Waals surface area contributed by atoms with Crippen molar-refractivity contribution in [1.29, 1.82) is 0 Å². The van der Waals surface area contributed by atoms with Gasteiger partial charge in [-0.05, 0) is 61.4 Å². The number of hydrogen-bond acceptors (Lipinski definition) is 6. The number of anilines is 2. The van der Waals surface area contributed by atoms with Gasteiger partial charge in [0.05, 0.1) is 6.04 Å². The molecule has 34 heavy (non-hydrogen) atoms. The minimum Gasteiger partial charge on any atom is -0.454 e. The molecule has 0 saturated carbocycles. The number of aryl methyl sites for hydroxylation is 2. The second kappa shape index (κ2) is 9.57. The number of nitrogens with one attached hydrogen (secondary N) is 2. The Balaban J connectivity index is 1.56. The van der Waals surface area contributed by atoms with E-state index in [9.17, 15) is 4.79 Å². The average Bonchev–Trinajstić information content (AvgIpc) is 3.49. The molecular weight excluding hydrogens is 446 g/mol. The van der Waals surface area contributed by atoms with Gasteiger partial charge in [0, 0.05) is 21.7 Å². The Labute approximate surface area is 202 Å². The highest BCUT2D eigenvalue weighted by atomic mass is 32.1. The molecule has 0 radical (unpaired) electrons. The van der Waals surface area contributed by atoms with Crippen LogP contribution in [0.1, 0.15) is 45.0 Å². The third kappa shape index (κ3) is 4.61. The molecule has 7 heteroatoms. The summed E-state index contributed by atoms with van der Waals surface area (Å²) in [5.74, 6) is 2.06. The number of benzene rings is 2. The van der Waals surface area contributed by atoms with E-state index in [4.69, 9.17) is 9.47 Å². The first-order chi connectivity index (χ1) is 16.6. The van der Waals surface area contributed by atoms with Gasteiger partial charge < -0.3 is 20.1 Å². The monoisotopic (exact) mass is 471 g/mol. The molecule has 0 aliphatic carbocycles. The van der Waals surface area contributed by atoms with Crippen LogP contribution in [0.5, 0.6) is 11.5 Å². The molecule has 3 heterocycles. The maximum atomic E-state index is 13.0. The van der Waals surface area contributed by atoms with Gasteiger partial charge in [0.25, 0.3) is 5.91 Å². The minimum absolute atomic E-state index is 0.135. The van der Waals surface area contributed by atoms with Crippen molar-refractivity contribution in [2.75, 3.05) is 17.4 Å². The Hall–Kier alpha value is -3.84. The summed E-state index contributed by atoms with van der Waals surface area (Å²) in [6, 6.07) is 23.0. The zero-order chi connectivity index (χ0) is 23.5.